The normalized spacial score (nSPS) is 24.9. The maximum absolute atomic E-state index is 13.0. The van der Waals surface area contributed by atoms with Crippen LogP contribution in [-0.4, -0.2) is 46.7 Å². The molecule has 3 aliphatic rings. The molecule has 2 aliphatic heterocycles. The Balaban J connectivity index is 1.28. The minimum absolute atomic E-state index is 0.103. The Labute approximate surface area is 201 Å². The molecular weight excluding hydrogens is 426 g/mol. The van der Waals surface area contributed by atoms with E-state index in [2.05, 4.69) is 59.7 Å². The Morgan fingerprint density at radius 1 is 0.971 bits per heavy atom. The van der Waals surface area contributed by atoms with Gasteiger partial charge in [-0.05, 0) is 61.4 Å². The summed E-state index contributed by atoms with van der Waals surface area (Å²) in [5.74, 6) is -0.130. The summed E-state index contributed by atoms with van der Waals surface area (Å²) in [6.45, 7) is 1.40. The van der Waals surface area contributed by atoms with E-state index >= 15 is 0 Å². The lowest BCUT2D eigenvalue weighted by Gasteiger charge is -2.38. The molecule has 2 aromatic rings. The first-order valence-corrected chi connectivity index (χ1v) is 12.5. The molecule has 3 atom stereocenters. The molecule has 2 fully saturated rings. The number of benzene rings is 2. The van der Waals surface area contributed by atoms with Crippen molar-refractivity contribution in [3.8, 4) is 0 Å². The average Bonchev–Trinajstić information content (AvgIpc) is 3.15. The summed E-state index contributed by atoms with van der Waals surface area (Å²) in [5.41, 5.74) is 4.30. The second-order valence-corrected chi connectivity index (χ2v) is 10.1. The van der Waals surface area contributed by atoms with Crippen LogP contribution in [0.5, 0.6) is 0 Å². The van der Waals surface area contributed by atoms with Crippen LogP contribution >= 0.6 is 0 Å². The standard InChI is InChI=1S/C28H33N3O3/c1-30(17-19-7-3-2-4-8-19)24-10-6-5-9-21(24)15-20-11-12-23-22(16-20)18-31(28(23)34)25-13-14-26(32)29-27(25)33/h2-4,7-8,11-12,16,21,24-25H,5-6,9-10,13-15,17-18H2,1H3,(H,29,32,33)/t21-,24+,25?/m1/s1. The topological polar surface area (TPSA) is 69.7 Å². The molecule has 6 nitrogen and oxygen atoms in total. The number of rotatable bonds is 6. The van der Waals surface area contributed by atoms with E-state index in [0.717, 1.165) is 18.5 Å². The van der Waals surface area contributed by atoms with Crippen molar-refractivity contribution in [2.75, 3.05) is 7.05 Å². The summed E-state index contributed by atoms with van der Waals surface area (Å²) >= 11 is 0. The molecule has 0 bridgehead atoms. The highest BCUT2D eigenvalue weighted by Gasteiger charge is 2.39. The van der Waals surface area contributed by atoms with Gasteiger partial charge in [-0.2, -0.15) is 0 Å². The van der Waals surface area contributed by atoms with Gasteiger partial charge in [0.15, 0.2) is 0 Å². The molecule has 1 saturated carbocycles. The highest BCUT2D eigenvalue weighted by Crippen LogP contribution is 2.33. The summed E-state index contributed by atoms with van der Waals surface area (Å²) in [6.07, 6.45) is 6.68. The number of carbonyl (C=O) groups is 3. The Morgan fingerprint density at radius 3 is 2.56 bits per heavy atom. The van der Waals surface area contributed by atoms with E-state index in [1.54, 1.807) is 4.90 Å². The third-order valence-corrected chi connectivity index (χ3v) is 7.80. The highest BCUT2D eigenvalue weighted by atomic mass is 16.2. The highest BCUT2D eigenvalue weighted by molar-refractivity contribution is 6.05. The largest absolute Gasteiger partial charge is 0.322 e. The van der Waals surface area contributed by atoms with Crippen LogP contribution in [-0.2, 0) is 29.1 Å². The first-order valence-electron chi connectivity index (χ1n) is 12.5. The van der Waals surface area contributed by atoms with Crippen LogP contribution in [0.2, 0.25) is 0 Å². The number of hydrogen-bond acceptors (Lipinski definition) is 4. The third-order valence-electron chi connectivity index (χ3n) is 7.80. The maximum atomic E-state index is 13.0. The molecule has 178 valence electrons. The van der Waals surface area contributed by atoms with Gasteiger partial charge in [0.25, 0.3) is 5.91 Å². The predicted octanol–water partition coefficient (Wildman–Crippen LogP) is 3.68. The van der Waals surface area contributed by atoms with Crippen LogP contribution in [0, 0.1) is 5.92 Å². The number of fused-ring (bicyclic) bond motifs is 1. The van der Waals surface area contributed by atoms with E-state index in [1.165, 1.54) is 36.8 Å². The molecule has 1 aliphatic carbocycles. The van der Waals surface area contributed by atoms with E-state index < -0.39 is 6.04 Å². The molecule has 3 amide bonds. The Morgan fingerprint density at radius 2 is 1.76 bits per heavy atom. The van der Waals surface area contributed by atoms with Crippen LogP contribution < -0.4 is 5.32 Å². The Hall–Kier alpha value is -2.99. The molecular formula is C28H33N3O3. The molecule has 0 aromatic heterocycles. The number of nitrogens with zero attached hydrogens (tertiary/aromatic N) is 2. The molecule has 5 rings (SSSR count). The van der Waals surface area contributed by atoms with Crippen molar-refractivity contribution in [3.05, 3.63) is 70.8 Å². The maximum Gasteiger partial charge on any atom is 0.255 e. The molecule has 2 aromatic carbocycles. The van der Waals surface area contributed by atoms with Crippen molar-refractivity contribution in [1.82, 2.24) is 15.1 Å². The Bertz CT molecular complexity index is 1080. The van der Waals surface area contributed by atoms with Gasteiger partial charge in [0.1, 0.15) is 6.04 Å². The SMILES string of the molecule is CN(Cc1ccccc1)[C@H]1CCCC[C@@H]1Cc1ccc2c(c1)CN(C1CCC(=O)NC1=O)C2=O. The van der Waals surface area contributed by atoms with Crippen LogP contribution in [0.25, 0.3) is 0 Å². The molecule has 1 N–H and O–H groups in total. The number of amides is 3. The van der Waals surface area contributed by atoms with Gasteiger partial charge in [0.05, 0.1) is 0 Å². The average molecular weight is 460 g/mol. The first kappa shape index (κ1) is 22.8. The van der Waals surface area contributed by atoms with E-state index in [-0.39, 0.29) is 24.1 Å². The monoisotopic (exact) mass is 459 g/mol. The van der Waals surface area contributed by atoms with E-state index in [4.69, 9.17) is 0 Å². The van der Waals surface area contributed by atoms with Crippen molar-refractivity contribution in [2.45, 2.75) is 70.1 Å². The number of imide groups is 1. The summed E-state index contributed by atoms with van der Waals surface area (Å²) in [6, 6.07) is 16.8. The second-order valence-electron chi connectivity index (χ2n) is 10.1. The zero-order chi connectivity index (χ0) is 23.7. The summed E-state index contributed by atoms with van der Waals surface area (Å²) < 4.78 is 0. The van der Waals surface area contributed by atoms with Crippen molar-refractivity contribution < 1.29 is 14.4 Å². The lowest BCUT2D eigenvalue weighted by atomic mass is 9.79. The summed E-state index contributed by atoms with van der Waals surface area (Å²) in [4.78, 5) is 41.0. The van der Waals surface area contributed by atoms with Crippen molar-refractivity contribution in [2.24, 2.45) is 5.92 Å². The van der Waals surface area contributed by atoms with Gasteiger partial charge in [0.2, 0.25) is 11.8 Å². The van der Waals surface area contributed by atoms with Crippen molar-refractivity contribution >= 4 is 17.7 Å². The number of carbonyl (C=O) groups excluding carboxylic acids is 3. The lowest BCUT2D eigenvalue weighted by Crippen LogP contribution is -2.52. The van der Waals surface area contributed by atoms with Gasteiger partial charge < -0.3 is 4.90 Å². The number of hydrogen-bond donors (Lipinski definition) is 1. The number of piperidine rings is 1. The molecule has 34 heavy (non-hydrogen) atoms. The number of nitrogens with one attached hydrogen (secondary N) is 1. The van der Waals surface area contributed by atoms with Gasteiger partial charge in [-0.25, -0.2) is 0 Å². The predicted molar refractivity (Wildman–Crippen MR) is 130 cm³/mol. The molecule has 2 heterocycles. The van der Waals surface area contributed by atoms with Gasteiger partial charge in [-0.1, -0.05) is 55.3 Å². The minimum atomic E-state index is -0.560. The van der Waals surface area contributed by atoms with Crippen LogP contribution in [0.15, 0.2) is 48.5 Å². The first-order chi connectivity index (χ1) is 16.5. The van der Waals surface area contributed by atoms with E-state index in [1.807, 2.05) is 6.07 Å². The fraction of sp³-hybridized carbons (Fsp3) is 0.464. The molecule has 1 unspecified atom stereocenters. The third kappa shape index (κ3) is 4.64. The van der Waals surface area contributed by atoms with Crippen LogP contribution in [0.1, 0.15) is 65.6 Å². The van der Waals surface area contributed by atoms with Crippen LogP contribution in [0.4, 0.5) is 0 Å². The molecule has 6 heteroatoms. The van der Waals surface area contributed by atoms with Gasteiger partial charge in [-0.15, -0.1) is 0 Å². The van der Waals surface area contributed by atoms with E-state index in [9.17, 15) is 14.4 Å². The second kappa shape index (κ2) is 9.71. The summed E-state index contributed by atoms with van der Waals surface area (Å²) in [7, 11) is 2.25. The smallest absolute Gasteiger partial charge is 0.255 e. The molecule has 0 radical (unpaired) electrons. The lowest BCUT2D eigenvalue weighted by molar-refractivity contribution is -0.136. The minimum Gasteiger partial charge on any atom is -0.322 e. The Kier molecular flexibility index (Phi) is 6.50. The van der Waals surface area contributed by atoms with E-state index in [0.29, 0.717) is 30.5 Å². The quantitative estimate of drug-likeness (QED) is 0.669. The van der Waals surface area contributed by atoms with Gasteiger partial charge >= 0.3 is 0 Å². The fourth-order valence-corrected chi connectivity index (χ4v) is 6.05. The zero-order valence-electron chi connectivity index (χ0n) is 19.8. The van der Waals surface area contributed by atoms with Gasteiger partial charge in [-0.3, -0.25) is 24.6 Å². The summed E-state index contributed by atoms with van der Waals surface area (Å²) in [5, 5.41) is 2.38. The molecule has 0 spiro atoms. The van der Waals surface area contributed by atoms with Crippen molar-refractivity contribution in [1.29, 1.82) is 0 Å². The zero-order valence-corrected chi connectivity index (χ0v) is 19.8. The van der Waals surface area contributed by atoms with Crippen molar-refractivity contribution in [3.63, 3.8) is 0 Å². The van der Waals surface area contributed by atoms with Gasteiger partial charge in [0, 0.05) is 31.1 Å². The fourth-order valence-electron chi connectivity index (χ4n) is 6.05. The molecule has 1 saturated heterocycles. The van der Waals surface area contributed by atoms with Crippen LogP contribution in [0.3, 0.4) is 0 Å².